The van der Waals surface area contributed by atoms with E-state index in [0.29, 0.717) is 6.54 Å². The van der Waals surface area contributed by atoms with Crippen LogP contribution in [0, 0.1) is 0 Å². The monoisotopic (exact) mass is 386 g/mol. The molecule has 0 spiro atoms. The molecule has 0 radical (unpaired) electrons. The van der Waals surface area contributed by atoms with Crippen LogP contribution in [0.4, 0.5) is 5.13 Å². The van der Waals surface area contributed by atoms with E-state index in [1.165, 1.54) is 16.3 Å². The summed E-state index contributed by atoms with van der Waals surface area (Å²) in [5, 5.41) is 11.3. The summed E-state index contributed by atoms with van der Waals surface area (Å²) in [6, 6.07) is 22.8. The maximum Gasteiger partial charge on any atom is 0.214 e. The SMILES string of the molecule is COc1ccc(CNc2nn3cc(-c4ccc5ccccc5c4)nc3s2)cc1. The second-order valence-electron chi connectivity index (χ2n) is 6.52. The van der Waals surface area contributed by atoms with E-state index in [4.69, 9.17) is 9.72 Å². The molecule has 5 nitrogen and oxygen atoms in total. The van der Waals surface area contributed by atoms with Crippen LogP contribution in [0.15, 0.2) is 72.9 Å². The van der Waals surface area contributed by atoms with Crippen LogP contribution in [-0.2, 0) is 6.54 Å². The molecular weight excluding hydrogens is 368 g/mol. The van der Waals surface area contributed by atoms with Gasteiger partial charge >= 0.3 is 0 Å². The number of ether oxygens (including phenoxy) is 1. The average Bonchev–Trinajstić information content (AvgIpc) is 3.31. The van der Waals surface area contributed by atoms with Gasteiger partial charge in [0.1, 0.15) is 5.75 Å². The van der Waals surface area contributed by atoms with Crippen molar-refractivity contribution in [2.75, 3.05) is 12.4 Å². The normalized spacial score (nSPS) is 11.2. The molecule has 5 aromatic rings. The lowest BCUT2D eigenvalue weighted by Crippen LogP contribution is -1.99. The number of hydrogen-bond donors (Lipinski definition) is 1. The Balaban J connectivity index is 1.35. The van der Waals surface area contributed by atoms with Crippen molar-refractivity contribution < 1.29 is 4.74 Å². The quantitative estimate of drug-likeness (QED) is 0.449. The van der Waals surface area contributed by atoms with Gasteiger partial charge in [-0.1, -0.05) is 59.9 Å². The van der Waals surface area contributed by atoms with Gasteiger partial charge in [-0.25, -0.2) is 9.50 Å². The van der Waals surface area contributed by atoms with Crippen molar-refractivity contribution in [2.24, 2.45) is 0 Å². The molecule has 6 heteroatoms. The van der Waals surface area contributed by atoms with Crippen molar-refractivity contribution in [3.63, 3.8) is 0 Å². The van der Waals surface area contributed by atoms with E-state index < -0.39 is 0 Å². The first-order valence-electron chi connectivity index (χ1n) is 9.01. The third-order valence-electron chi connectivity index (χ3n) is 4.69. The Bertz CT molecular complexity index is 1230. The number of hydrogen-bond acceptors (Lipinski definition) is 5. The van der Waals surface area contributed by atoms with Crippen molar-refractivity contribution in [2.45, 2.75) is 6.54 Å². The number of anilines is 1. The Morgan fingerprint density at radius 3 is 2.61 bits per heavy atom. The van der Waals surface area contributed by atoms with Crippen molar-refractivity contribution in [3.05, 3.63) is 78.5 Å². The number of fused-ring (bicyclic) bond motifs is 2. The molecule has 0 aliphatic rings. The van der Waals surface area contributed by atoms with Crippen LogP contribution in [0.2, 0.25) is 0 Å². The van der Waals surface area contributed by atoms with Crippen molar-refractivity contribution in [1.29, 1.82) is 0 Å². The third kappa shape index (κ3) is 3.18. The summed E-state index contributed by atoms with van der Waals surface area (Å²) >= 11 is 1.55. The Hall–Kier alpha value is -3.38. The van der Waals surface area contributed by atoms with Gasteiger partial charge < -0.3 is 10.1 Å². The van der Waals surface area contributed by atoms with Gasteiger partial charge in [0.05, 0.1) is 19.0 Å². The molecule has 138 valence electrons. The highest BCUT2D eigenvalue weighted by molar-refractivity contribution is 7.20. The lowest BCUT2D eigenvalue weighted by atomic mass is 10.1. The maximum absolute atomic E-state index is 5.19. The van der Waals surface area contributed by atoms with Gasteiger partial charge in [0.2, 0.25) is 10.1 Å². The lowest BCUT2D eigenvalue weighted by Gasteiger charge is -2.04. The molecule has 0 aliphatic heterocycles. The van der Waals surface area contributed by atoms with Gasteiger partial charge in [-0.15, -0.1) is 5.10 Å². The molecule has 0 aliphatic carbocycles. The minimum absolute atomic E-state index is 0.707. The molecule has 5 rings (SSSR count). The molecule has 0 saturated carbocycles. The van der Waals surface area contributed by atoms with Crippen molar-refractivity contribution in [1.82, 2.24) is 14.6 Å². The van der Waals surface area contributed by atoms with Crippen LogP contribution in [-0.4, -0.2) is 21.7 Å². The number of imidazole rings is 1. The van der Waals surface area contributed by atoms with Crippen LogP contribution in [0.5, 0.6) is 5.75 Å². The molecular formula is C22H18N4OS. The number of methoxy groups -OCH3 is 1. The van der Waals surface area contributed by atoms with E-state index in [-0.39, 0.29) is 0 Å². The first kappa shape index (κ1) is 16.8. The average molecular weight is 386 g/mol. The smallest absolute Gasteiger partial charge is 0.214 e. The molecule has 1 N–H and O–H groups in total. The van der Waals surface area contributed by atoms with E-state index in [1.54, 1.807) is 18.4 Å². The molecule has 2 heterocycles. The van der Waals surface area contributed by atoms with Gasteiger partial charge in [-0.2, -0.15) is 0 Å². The highest BCUT2D eigenvalue weighted by atomic mass is 32.1. The van der Waals surface area contributed by atoms with Gasteiger partial charge in [0, 0.05) is 12.1 Å². The summed E-state index contributed by atoms with van der Waals surface area (Å²) < 4.78 is 7.03. The summed E-state index contributed by atoms with van der Waals surface area (Å²) in [6.45, 7) is 0.707. The Morgan fingerprint density at radius 1 is 1.00 bits per heavy atom. The number of aromatic nitrogens is 3. The number of nitrogens with one attached hydrogen (secondary N) is 1. The number of benzene rings is 3. The fourth-order valence-electron chi connectivity index (χ4n) is 3.18. The largest absolute Gasteiger partial charge is 0.497 e. The minimum Gasteiger partial charge on any atom is -0.497 e. The standard InChI is InChI=1S/C22H18N4OS/c1-27-19-10-6-15(7-11-19)13-23-21-25-26-14-20(24-22(26)28-21)18-9-8-16-4-2-3-5-17(16)12-18/h2-12,14H,13H2,1H3,(H,23,25). The first-order chi connectivity index (χ1) is 13.8. The third-order valence-corrected chi connectivity index (χ3v) is 5.57. The van der Waals surface area contributed by atoms with Crippen LogP contribution < -0.4 is 10.1 Å². The highest BCUT2D eigenvalue weighted by Crippen LogP contribution is 2.27. The van der Waals surface area contributed by atoms with Crippen LogP contribution in [0.3, 0.4) is 0 Å². The summed E-state index contributed by atoms with van der Waals surface area (Å²) in [5.41, 5.74) is 3.21. The van der Waals surface area contributed by atoms with E-state index in [2.05, 4.69) is 52.9 Å². The van der Waals surface area contributed by atoms with Crippen LogP contribution >= 0.6 is 11.3 Å². The topological polar surface area (TPSA) is 51.5 Å². The first-order valence-corrected chi connectivity index (χ1v) is 9.82. The zero-order valence-corrected chi connectivity index (χ0v) is 16.1. The zero-order valence-electron chi connectivity index (χ0n) is 15.3. The predicted molar refractivity (Wildman–Crippen MR) is 114 cm³/mol. The molecule has 28 heavy (non-hydrogen) atoms. The fourth-order valence-corrected chi connectivity index (χ4v) is 3.96. The van der Waals surface area contributed by atoms with E-state index in [9.17, 15) is 0 Å². The second kappa shape index (κ2) is 6.98. The minimum atomic E-state index is 0.707. The summed E-state index contributed by atoms with van der Waals surface area (Å²) in [5.74, 6) is 0.859. The highest BCUT2D eigenvalue weighted by Gasteiger charge is 2.10. The Morgan fingerprint density at radius 2 is 1.82 bits per heavy atom. The summed E-state index contributed by atoms with van der Waals surface area (Å²) in [7, 11) is 1.67. The van der Waals surface area contributed by atoms with E-state index >= 15 is 0 Å². The van der Waals surface area contributed by atoms with Crippen LogP contribution in [0.25, 0.3) is 27.0 Å². The van der Waals surface area contributed by atoms with Crippen LogP contribution in [0.1, 0.15) is 5.56 Å². The van der Waals surface area contributed by atoms with Gasteiger partial charge in [0.25, 0.3) is 0 Å². The fraction of sp³-hybridized carbons (Fsp3) is 0.0909. The van der Waals surface area contributed by atoms with Gasteiger partial charge in [0.15, 0.2) is 0 Å². The molecule has 0 atom stereocenters. The van der Waals surface area contributed by atoms with E-state index in [0.717, 1.165) is 27.1 Å². The second-order valence-corrected chi connectivity index (χ2v) is 7.48. The number of nitrogens with zero attached hydrogens (tertiary/aromatic N) is 3. The molecule has 3 aromatic carbocycles. The lowest BCUT2D eigenvalue weighted by molar-refractivity contribution is 0.414. The van der Waals surface area contributed by atoms with E-state index in [1.807, 2.05) is 35.0 Å². The Labute approximate surface area is 166 Å². The predicted octanol–water partition coefficient (Wildman–Crippen LogP) is 5.23. The van der Waals surface area contributed by atoms with Gasteiger partial charge in [-0.05, 0) is 34.5 Å². The molecule has 0 unspecified atom stereocenters. The molecule has 0 saturated heterocycles. The molecule has 0 fully saturated rings. The molecule has 0 amide bonds. The maximum atomic E-state index is 5.19. The Kier molecular flexibility index (Phi) is 4.18. The molecule has 0 bridgehead atoms. The van der Waals surface area contributed by atoms with Crippen molar-refractivity contribution >= 4 is 32.2 Å². The molecule has 2 aromatic heterocycles. The summed E-state index contributed by atoms with van der Waals surface area (Å²) in [6.07, 6.45) is 1.98. The number of rotatable bonds is 5. The summed E-state index contributed by atoms with van der Waals surface area (Å²) in [4.78, 5) is 5.63. The zero-order chi connectivity index (χ0) is 18.9. The van der Waals surface area contributed by atoms with Crippen molar-refractivity contribution in [3.8, 4) is 17.0 Å². The van der Waals surface area contributed by atoms with Gasteiger partial charge in [-0.3, -0.25) is 0 Å².